The second-order valence-corrected chi connectivity index (χ2v) is 4.48. The van der Waals surface area contributed by atoms with E-state index in [0.717, 1.165) is 12.5 Å². The molecule has 0 radical (unpaired) electrons. The first kappa shape index (κ1) is 13.9. The number of likely N-dealkylation sites (N-methyl/N-ethyl adjacent to an activating group) is 1. The summed E-state index contributed by atoms with van der Waals surface area (Å²) in [4.78, 5) is 2.57. The molecular formula is C12H28N2. The molecular weight excluding hydrogens is 172 g/mol. The second kappa shape index (κ2) is 9.47. The lowest BCUT2D eigenvalue weighted by atomic mass is 10.1. The van der Waals surface area contributed by atoms with Crippen molar-refractivity contribution in [2.75, 3.05) is 33.2 Å². The molecule has 2 heteroatoms. The first-order valence-electron chi connectivity index (χ1n) is 6.07. The van der Waals surface area contributed by atoms with Crippen molar-refractivity contribution in [3.05, 3.63) is 0 Å². The third kappa shape index (κ3) is 8.52. The van der Waals surface area contributed by atoms with Gasteiger partial charge in [-0.15, -0.1) is 0 Å². The van der Waals surface area contributed by atoms with Gasteiger partial charge in [0.1, 0.15) is 0 Å². The van der Waals surface area contributed by atoms with Crippen molar-refractivity contribution < 1.29 is 0 Å². The van der Waals surface area contributed by atoms with Gasteiger partial charge in [0.25, 0.3) is 0 Å². The summed E-state index contributed by atoms with van der Waals surface area (Å²) in [6, 6.07) is 0. The minimum absolute atomic E-state index is 0.850. The highest BCUT2D eigenvalue weighted by molar-refractivity contribution is 4.59. The monoisotopic (exact) mass is 200 g/mol. The molecule has 0 spiro atoms. The zero-order valence-electron chi connectivity index (χ0n) is 10.5. The van der Waals surface area contributed by atoms with Crippen LogP contribution in [-0.2, 0) is 0 Å². The minimum atomic E-state index is 0.850. The maximum absolute atomic E-state index is 3.21. The van der Waals surface area contributed by atoms with E-state index < -0.39 is 0 Å². The fourth-order valence-corrected chi connectivity index (χ4v) is 1.64. The van der Waals surface area contributed by atoms with E-state index in [-0.39, 0.29) is 0 Å². The van der Waals surface area contributed by atoms with Crippen LogP contribution in [0, 0.1) is 5.92 Å². The van der Waals surface area contributed by atoms with Crippen molar-refractivity contribution in [1.29, 1.82) is 0 Å². The molecule has 0 unspecified atom stereocenters. The number of nitrogens with one attached hydrogen (secondary N) is 1. The lowest BCUT2D eigenvalue weighted by molar-refractivity contribution is 0.265. The van der Waals surface area contributed by atoms with Crippen molar-refractivity contribution in [3.63, 3.8) is 0 Å². The van der Waals surface area contributed by atoms with Crippen molar-refractivity contribution >= 4 is 0 Å². The van der Waals surface area contributed by atoms with E-state index in [2.05, 4.69) is 31.0 Å². The highest BCUT2D eigenvalue weighted by Crippen LogP contribution is 2.04. The van der Waals surface area contributed by atoms with Crippen molar-refractivity contribution in [1.82, 2.24) is 10.2 Å². The molecule has 0 fully saturated rings. The van der Waals surface area contributed by atoms with Crippen LogP contribution in [0.25, 0.3) is 0 Å². The molecule has 0 aliphatic heterocycles. The Morgan fingerprint density at radius 3 is 2.36 bits per heavy atom. The van der Waals surface area contributed by atoms with Gasteiger partial charge in [0.2, 0.25) is 0 Å². The van der Waals surface area contributed by atoms with E-state index in [4.69, 9.17) is 0 Å². The average Bonchev–Trinajstić information content (AvgIpc) is 2.13. The van der Waals surface area contributed by atoms with Gasteiger partial charge in [0, 0.05) is 13.1 Å². The van der Waals surface area contributed by atoms with Crippen molar-refractivity contribution in [2.24, 2.45) is 5.92 Å². The smallest absolute Gasteiger partial charge is 0.0107 e. The summed E-state index contributed by atoms with van der Waals surface area (Å²) in [7, 11) is 2.03. The van der Waals surface area contributed by atoms with Gasteiger partial charge in [-0.3, -0.25) is 0 Å². The van der Waals surface area contributed by atoms with Gasteiger partial charge in [0.05, 0.1) is 0 Å². The zero-order valence-corrected chi connectivity index (χ0v) is 10.5. The molecule has 0 heterocycles. The van der Waals surface area contributed by atoms with Gasteiger partial charge in [-0.1, -0.05) is 20.8 Å². The molecule has 0 saturated heterocycles. The molecule has 0 aliphatic carbocycles. The van der Waals surface area contributed by atoms with E-state index in [9.17, 15) is 0 Å². The number of nitrogens with zero attached hydrogens (tertiary/aromatic N) is 1. The van der Waals surface area contributed by atoms with Crippen LogP contribution in [0.3, 0.4) is 0 Å². The molecule has 0 aromatic heterocycles. The Balaban J connectivity index is 3.50. The third-order valence-electron chi connectivity index (χ3n) is 2.47. The van der Waals surface area contributed by atoms with Crippen LogP contribution in [0.4, 0.5) is 0 Å². The van der Waals surface area contributed by atoms with Gasteiger partial charge < -0.3 is 10.2 Å². The lowest BCUT2D eigenvalue weighted by Crippen LogP contribution is -2.32. The van der Waals surface area contributed by atoms with Gasteiger partial charge in [-0.05, 0) is 45.3 Å². The summed E-state index contributed by atoms with van der Waals surface area (Å²) < 4.78 is 0. The fraction of sp³-hybridized carbons (Fsp3) is 1.00. The van der Waals surface area contributed by atoms with Crippen LogP contribution in [0.2, 0.25) is 0 Å². The van der Waals surface area contributed by atoms with Gasteiger partial charge in [-0.25, -0.2) is 0 Å². The SMILES string of the molecule is CCCN(CCCC(C)C)CCNC. The number of hydrogen-bond acceptors (Lipinski definition) is 2. The van der Waals surface area contributed by atoms with E-state index in [1.165, 1.54) is 38.9 Å². The molecule has 0 atom stereocenters. The van der Waals surface area contributed by atoms with E-state index in [1.54, 1.807) is 0 Å². The Labute approximate surface area is 90.1 Å². The summed E-state index contributed by atoms with van der Waals surface area (Å²) in [6.45, 7) is 11.7. The summed E-state index contributed by atoms with van der Waals surface area (Å²) in [5, 5.41) is 3.21. The topological polar surface area (TPSA) is 15.3 Å². The van der Waals surface area contributed by atoms with Crippen molar-refractivity contribution in [3.8, 4) is 0 Å². The van der Waals surface area contributed by atoms with Crippen molar-refractivity contribution in [2.45, 2.75) is 40.0 Å². The zero-order chi connectivity index (χ0) is 10.8. The molecule has 0 bridgehead atoms. The van der Waals surface area contributed by atoms with Crippen LogP contribution in [0.5, 0.6) is 0 Å². The molecule has 1 N–H and O–H groups in total. The molecule has 0 aromatic carbocycles. The van der Waals surface area contributed by atoms with E-state index in [1.807, 2.05) is 7.05 Å². The number of rotatable bonds is 9. The largest absolute Gasteiger partial charge is 0.318 e. The maximum atomic E-state index is 3.21. The third-order valence-corrected chi connectivity index (χ3v) is 2.47. The molecule has 14 heavy (non-hydrogen) atoms. The maximum Gasteiger partial charge on any atom is 0.0107 e. The molecule has 0 saturated carbocycles. The lowest BCUT2D eigenvalue weighted by Gasteiger charge is -2.21. The Morgan fingerprint density at radius 1 is 1.14 bits per heavy atom. The fourth-order valence-electron chi connectivity index (χ4n) is 1.64. The van der Waals surface area contributed by atoms with Crippen LogP contribution < -0.4 is 5.32 Å². The Morgan fingerprint density at radius 2 is 1.86 bits per heavy atom. The summed E-state index contributed by atoms with van der Waals surface area (Å²) in [5.74, 6) is 0.850. The number of hydrogen-bond donors (Lipinski definition) is 1. The van der Waals surface area contributed by atoms with E-state index >= 15 is 0 Å². The summed E-state index contributed by atoms with van der Waals surface area (Å²) in [5.41, 5.74) is 0. The molecule has 0 aliphatic rings. The first-order chi connectivity index (χ1) is 6.70. The van der Waals surface area contributed by atoms with Gasteiger partial charge >= 0.3 is 0 Å². The van der Waals surface area contributed by atoms with Crippen LogP contribution in [-0.4, -0.2) is 38.1 Å². The molecule has 0 rings (SSSR count). The molecule has 86 valence electrons. The standard InChI is InChI=1S/C12H28N2/c1-5-9-14(11-8-13-4)10-6-7-12(2)3/h12-13H,5-11H2,1-4H3. The average molecular weight is 200 g/mol. The minimum Gasteiger partial charge on any atom is -0.318 e. The normalized spacial score (nSPS) is 11.6. The quantitative estimate of drug-likeness (QED) is 0.614. The van der Waals surface area contributed by atoms with E-state index in [0.29, 0.717) is 0 Å². The highest BCUT2D eigenvalue weighted by Gasteiger charge is 2.03. The van der Waals surface area contributed by atoms with Gasteiger partial charge in [0.15, 0.2) is 0 Å². The summed E-state index contributed by atoms with van der Waals surface area (Å²) in [6.07, 6.45) is 3.98. The molecule has 2 nitrogen and oxygen atoms in total. The Kier molecular flexibility index (Phi) is 9.42. The van der Waals surface area contributed by atoms with Gasteiger partial charge in [-0.2, -0.15) is 0 Å². The molecule has 0 amide bonds. The first-order valence-corrected chi connectivity index (χ1v) is 6.07. The Hall–Kier alpha value is -0.0800. The Bertz CT molecular complexity index is 113. The molecule has 0 aromatic rings. The second-order valence-electron chi connectivity index (χ2n) is 4.48. The summed E-state index contributed by atoms with van der Waals surface area (Å²) >= 11 is 0. The van der Waals surface area contributed by atoms with Crippen LogP contribution >= 0.6 is 0 Å². The van der Waals surface area contributed by atoms with Crippen LogP contribution in [0.1, 0.15) is 40.0 Å². The predicted molar refractivity (Wildman–Crippen MR) is 64.7 cm³/mol. The predicted octanol–water partition coefficient (Wildman–Crippen LogP) is 2.35. The highest BCUT2D eigenvalue weighted by atomic mass is 15.1. The van der Waals surface area contributed by atoms with Crippen LogP contribution in [0.15, 0.2) is 0 Å².